The molecule has 2 aliphatic heterocycles. The van der Waals surface area contributed by atoms with Gasteiger partial charge in [-0.3, -0.25) is 9.59 Å². The van der Waals surface area contributed by atoms with Crippen molar-refractivity contribution in [3.8, 4) is 0 Å². The van der Waals surface area contributed by atoms with E-state index in [0.29, 0.717) is 37.9 Å². The number of benzene rings is 1. The Morgan fingerprint density at radius 2 is 1.80 bits per heavy atom. The largest absolute Gasteiger partial charge is 0.341 e. The second-order valence-corrected chi connectivity index (χ2v) is 10.4. The number of hydrogen-bond acceptors (Lipinski definition) is 4. The summed E-state index contributed by atoms with van der Waals surface area (Å²) in [5, 5.41) is 8.51. The molecule has 4 rings (SSSR count). The Hall–Kier alpha value is -3.16. The third-order valence-electron chi connectivity index (χ3n) is 8.40. The number of rotatable bonds is 3. The highest BCUT2D eigenvalue weighted by atomic mass is 19.1. The number of likely N-dealkylation sites (tertiary alicyclic amines) is 1. The molecular formula is C27H32F2N4O2. The molecule has 0 N–H and O–H groups in total. The first kappa shape index (κ1) is 24.9. The number of fused-ring (bicyclic) bond motifs is 2. The van der Waals surface area contributed by atoms with E-state index in [0.717, 1.165) is 0 Å². The van der Waals surface area contributed by atoms with Crippen LogP contribution in [0.25, 0.3) is 5.70 Å². The Morgan fingerprint density at radius 1 is 1.14 bits per heavy atom. The van der Waals surface area contributed by atoms with Gasteiger partial charge in [0.25, 0.3) is 0 Å². The monoisotopic (exact) mass is 482 g/mol. The molecule has 1 aliphatic carbocycles. The summed E-state index contributed by atoms with van der Waals surface area (Å²) in [6.07, 6.45) is 3.44. The summed E-state index contributed by atoms with van der Waals surface area (Å²) < 4.78 is 29.2. The molecular weight excluding hydrogens is 450 g/mol. The minimum atomic E-state index is -1.05. The Bertz CT molecular complexity index is 1150. The molecule has 0 spiro atoms. The van der Waals surface area contributed by atoms with Crippen LogP contribution in [0, 0.1) is 28.4 Å². The molecule has 3 atom stereocenters. The first-order valence-electron chi connectivity index (χ1n) is 11.9. The normalized spacial score (nSPS) is 30.2. The summed E-state index contributed by atoms with van der Waals surface area (Å²) in [5.41, 5.74) is -1.02. The molecule has 1 aromatic rings. The molecule has 0 aromatic heterocycles. The molecule has 1 aromatic carbocycles. The van der Waals surface area contributed by atoms with Gasteiger partial charge in [0, 0.05) is 27.1 Å². The molecule has 2 amide bonds. The van der Waals surface area contributed by atoms with Crippen molar-refractivity contribution in [2.75, 3.05) is 20.1 Å². The van der Waals surface area contributed by atoms with Gasteiger partial charge >= 0.3 is 0 Å². The third kappa shape index (κ3) is 3.83. The van der Waals surface area contributed by atoms with Crippen molar-refractivity contribution in [3.63, 3.8) is 0 Å². The first-order chi connectivity index (χ1) is 16.4. The Balaban J connectivity index is 1.75. The van der Waals surface area contributed by atoms with Gasteiger partial charge < -0.3 is 9.80 Å². The van der Waals surface area contributed by atoms with Crippen molar-refractivity contribution in [2.45, 2.75) is 46.1 Å². The van der Waals surface area contributed by atoms with E-state index < -0.39 is 22.5 Å². The van der Waals surface area contributed by atoms with Crippen molar-refractivity contribution in [1.82, 2.24) is 9.80 Å². The number of nitrogens with zero attached hydrogens (tertiary/aromatic N) is 4. The Morgan fingerprint density at radius 3 is 2.43 bits per heavy atom. The lowest BCUT2D eigenvalue weighted by Gasteiger charge is -2.44. The SMILES string of the molecule is C=C1/C=C(c2c(F)cccc2F)\N=N/C(=C)[C@]2(C(=O)N3CCC(N(C)C(C)=O)C3)CCC1C2(C)C. The fraction of sp³-hybridized carbons (Fsp3) is 0.481. The smallest absolute Gasteiger partial charge is 0.235 e. The van der Waals surface area contributed by atoms with Gasteiger partial charge in [0.15, 0.2) is 0 Å². The van der Waals surface area contributed by atoms with Crippen LogP contribution < -0.4 is 0 Å². The molecule has 2 heterocycles. The average molecular weight is 483 g/mol. The molecule has 8 heteroatoms. The molecule has 2 unspecified atom stereocenters. The molecule has 186 valence electrons. The third-order valence-corrected chi connectivity index (χ3v) is 8.40. The van der Waals surface area contributed by atoms with Crippen LogP contribution >= 0.6 is 0 Å². The lowest BCUT2D eigenvalue weighted by molar-refractivity contribution is -0.145. The summed E-state index contributed by atoms with van der Waals surface area (Å²) in [4.78, 5) is 29.5. The van der Waals surface area contributed by atoms with Crippen LogP contribution in [0.4, 0.5) is 8.78 Å². The summed E-state index contributed by atoms with van der Waals surface area (Å²) in [7, 11) is 1.75. The van der Waals surface area contributed by atoms with E-state index in [1.165, 1.54) is 25.1 Å². The molecule has 0 radical (unpaired) electrons. The lowest BCUT2D eigenvalue weighted by Crippen LogP contribution is -2.51. The zero-order chi connectivity index (χ0) is 25.7. The topological polar surface area (TPSA) is 65.3 Å². The molecule has 3 aliphatic rings. The van der Waals surface area contributed by atoms with Crippen LogP contribution in [0.15, 0.2) is 58.9 Å². The van der Waals surface area contributed by atoms with Crippen molar-refractivity contribution in [3.05, 3.63) is 65.9 Å². The fourth-order valence-electron chi connectivity index (χ4n) is 6.15. The van der Waals surface area contributed by atoms with Crippen LogP contribution in [0.3, 0.4) is 0 Å². The van der Waals surface area contributed by atoms with Crippen molar-refractivity contribution < 1.29 is 18.4 Å². The van der Waals surface area contributed by atoms with Crippen LogP contribution in [0.5, 0.6) is 0 Å². The van der Waals surface area contributed by atoms with E-state index >= 15 is 0 Å². The Labute approximate surface area is 205 Å². The maximum absolute atomic E-state index is 14.6. The highest BCUT2D eigenvalue weighted by molar-refractivity contribution is 5.88. The average Bonchev–Trinajstić information content (AvgIpc) is 3.38. The number of carbonyl (C=O) groups is 2. The van der Waals surface area contributed by atoms with Crippen LogP contribution in [0.1, 0.15) is 45.6 Å². The predicted octanol–water partition coefficient (Wildman–Crippen LogP) is 5.34. The number of likely N-dealkylation sites (N-methyl/N-ethyl adjacent to an activating group) is 1. The zero-order valence-electron chi connectivity index (χ0n) is 20.8. The van der Waals surface area contributed by atoms with E-state index in [2.05, 4.69) is 23.4 Å². The number of amides is 2. The van der Waals surface area contributed by atoms with Crippen LogP contribution in [0.2, 0.25) is 0 Å². The van der Waals surface area contributed by atoms with E-state index in [1.54, 1.807) is 22.9 Å². The fourth-order valence-corrected chi connectivity index (χ4v) is 6.15. The van der Waals surface area contributed by atoms with Crippen LogP contribution in [-0.4, -0.2) is 47.8 Å². The van der Waals surface area contributed by atoms with Gasteiger partial charge in [-0.15, -0.1) is 0 Å². The van der Waals surface area contributed by atoms with Gasteiger partial charge in [-0.25, -0.2) is 8.78 Å². The first-order valence-corrected chi connectivity index (χ1v) is 11.9. The van der Waals surface area contributed by atoms with E-state index in [1.807, 2.05) is 13.8 Å². The van der Waals surface area contributed by atoms with Gasteiger partial charge in [-0.1, -0.05) is 33.1 Å². The number of allylic oxidation sites excluding steroid dienone is 2. The molecule has 1 saturated carbocycles. The van der Waals surface area contributed by atoms with Crippen molar-refractivity contribution in [2.24, 2.45) is 27.0 Å². The number of halogens is 2. The van der Waals surface area contributed by atoms with Crippen molar-refractivity contribution >= 4 is 17.5 Å². The van der Waals surface area contributed by atoms with Crippen molar-refractivity contribution in [1.29, 1.82) is 0 Å². The highest BCUT2D eigenvalue weighted by Crippen LogP contribution is 2.63. The summed E-state index contributed by atoms with van der Waals surface area (Å²) in [5.74, 6) is -1.78. The Kier molecular flexibility index (Phi) is 6.28. The zero-order valence-corrected chi connectivity index (χ0v) is 20.8. The number of hydrogen-bond donors (Lipinski definition) is 0. The summed E-state index contributed by atoms with van der Waals surface area (Å²) >= 11 is 0. The van der Waals surface area contributed by atoms with Gasteiger partial charge in [-0.2, -0.15) is 10.2 Å². The molecule has 2 bridgehead atoms. The number of azo groups is 1. The maximum Gasteiger partial charge on any atom is 0.235 e. The van der Waals surface area contributed by atoms with Gasteiger partial charge in [0.05, 0.1) is 28.4 Å². The highest BCUT2D eigenvalue weighted by Gasteiger charge is 2.62. The lowest BCUT2D eigenvalue weighted by atomic mass is 9.61. The summed E-state index contributed by atoms with van der Waals surface area (Å²) in [6.45, 7) is 14.9. The quantitative estimate of drug-likeness (QED) is 0.584. The van der Waals surface area contributed by atoms with Gasteiger partial charge in [0.1, 0.15) is 11.6 Å². The second kappa shape index (κ2) is 8.81. The van der Waals surface area contributed by atoms with E-state index in [4.69, 9.17) is 0 Å². The van der Waals surface area contributed by atoms with Crippen LogP contribution in [-0.2, 0) is 9.59 Å². The molecule has 35 heavy (non-hydrogen) atoms. The standard InChI is InChI=1S/C27H32F2N4O2/c1-16-14-23(24-21(28)8-7-9-22(24)29)31-30-17(2)27(12-10-20(16)26(27,4)5)25(35)33-13-11-19(15-33)32(6)18(3)34/h7-9,14,19-20H,1-2,10-13,15H2,3-6H3/b23-14-,31-30-/t19?,20?,27-/m0/s1. The summed E-state index contributed by atoms with van der Waals surface area (Å²) in [6, 6.07) is 3.58. The number of carbonyl (C=O) groups excluding carboxylic acids is 2. The van der Waals surface area contributed by atoms with E-state index in [-0.39, 0.29) is 40.7 Å². The van der Waals surface area contributed by atoms with Gasteiger partial charge in [0.2, 0.25) is 11.8 Å². The predicted molar refractivity (Wildman–Crippen MR) is 130 cm³/mol. The van der Waals surface area contributed by atoms with E-state index in [9.17, 15) is 18.4 Å². The second-order valence-electron chi connectivity index (χ2n) is 10.4. The minimum Gasteiger partial charge on any atom is -0.341 e. The molecule has 2 fully saturated rings. The molecule has 1 saturated heterocycles. The minimum absolute atomic E-state index is 0.0158. The maximum atomic E-state index is 14.6. The van der Waals surface area contributed by atoms with Gasteiger partial charge in [-0.05, 0) is 54.4 Å². The molecule has 6 nitrogen and oxygen atoms in total.